The molecule has 8 heteroatoms. The number of nitrogens with one attached hydrogen (secondary N) is 2. The number of amides is 1. The molecular weight excluding hydrogens is 396 g/mol. The van der Waals surface area contributed by atoms with E-state index in [1.54, 1.807) is 17.8 Å². The van der Waals surface area contributed by atoms with Crippen LogP contribution in [0.1, 0.15) is 35.6 Å². The second kappa shape index (κ2) is 11.8. The fraction of sp³-hybridized carbons (Fsp3) is 0.348. The highest BCUT2D eigenvalue weighted by atomic mass is 16.5. The molecule has 2 heterocycles. The Labute approximate surface area is 182 Å². The van der Waals surface area contributed by atoms with Crippen LogP contribution >= 0.6 is 0 Å². The summed E-state index contributed by atoms with van der Waals surface area (Å²) in [5.41, 5.74) is 6.40. The molecule has 0 bridgehead atoms. The number of hydrogen-bond donors (Lipinski definition) is 4. The number of benzene rings is 1. The van der Waals surface area contributed by atoms with Gasteiger partial charge >= 0.3 is 0 Å². The Morgan fingerprint density at radius 3 is 2.58 bits per heavy atom. The van der Waals surface area contributed by atoms with Gasteiger partial charge in [0.2, 0.25) is 0 Å². The minimum absolute atomic E-state index is 0.380. The first-order chi connectivity index (χ1) is 14.8. The van der Waals surface area contributed by atoms with Gasteiger partial charge in [-0.1, -0.05) is 18.2 Å². The van der Waals surface area contributed by atoms with Crippen molar-refractivity contribution in [1.29, 1.82) is 0 Å². The van der Waals surface area contributed by atoms with Crippen LogP contribution in [0, 0.1) is 13.8 Å². The first kappa shape index (κ1) is 24.0. The number of hydroxylamine groups is 1. The zero-order chi connectivity index (χ0) is 22.8. The van der Waals surface area contributed by atoms with Gasteiger partial charge in [-0.3, -0.25) is 19.7 Å². The van der Waals surface area contributed by atoms with Crippen LogP contribution in [-0.2, 0) is 16.1 Å². The van der Waals surface area contributed by atoms with Crippen molar-refractivity contribution in [3.63, 3.8) is 0 Å². The number of likely N-dealkylation sites (tertiary alicyclic amines) is 1. The molecule has 1 atom stereocenters. The highest BCUT2D eigenvalue weighted by Crippen LogP contribution is 2.18. The Morgan fingerprint density at radius 1 is 1.23 bits per heavy atom. The Kier molecular flexibility index (Phi) is 9.17. The van der Waals surface area contributed by atoms with Gasteiger partial charge in [0.25, 0.3) is 11.9 Å². The average Bonchev–Trinajstić information content (AvgIpc) is 3.16. The number of carboxylic acid groups (broad SMARTS) is 1. The number of carbonyl (C=O) groups excluding carboxylic acids is 1. The van der Waals surface area contributed by atoms with E-state index in [4.69, 9.17) is 15.1 Å². The molecule has 0 radical (unpaired) electrons. The molecule has 4 N–H and O–H groups in total. The molecule has 1 aliphatic rings. The summed E-state index contributed by atoms with van der Waals surface area (Å²) in [6.07, 6.45) is 5.64. The van der Waals surface area contributed by atoms with Gasteiger partial charge < -0.3 is 10.4 Å². The first-order valence-electron chi connectivity index (χ1n) is 10.1. The lowest BCUT2D eigenvalue weighted by Gasteiger charge is -2.17. The van der Waals surface area contributed by atoms with E-state index in [1.165, 1.54) is 22.8 Å². The lowest BCUT2D eigenvalue weighted by Crippen LogP contribution is -2.26. The lowest BCUT2D eigenvalue weighted by atomic mass is 10.1. The van der Waals surface area contributed by atoms with Crippen LogP contribution in [0.4, 0.5) is 5.82 Å². The summed E-state index contributed by atoms with van der Waals surface area (Å²) in [5, 5.41) is 19.4. The van der Waals surface area contributed by atoms with Gasteiger partial charge in [0.15, 0.2) is 0 Å². The van der Waals surface area contributed by atoms with Gasteiger partial charge in [-0.15, -0.1) is 0 Å². The maximum atomic E-state index is 11.0. The van der Waals surface area contributed by atoms with Gasteiger partial charge in [0, 0.05) is 44.9 Å². The molecule has 1 fully saturated rings. The van der Waals surface area contributed by atoms with Crippen molar-refractivity contribution in [2.45, 2.75) is 39.8 Å². The van der Waals surface area contributed by atoms with Crippen molar-refractivity contribution < 1.29 is 19.9 Å². The molecule has 3 rings (SSSR count). The summed E-state index contributed by atoms with van der Waals surface area (Å²) in [6.45, 7) is 8.43. The van der Waals surface area contributed by atoms with E-state index in [1.807, 2.05) is 12.1 Å². The summed E-state index contributed by atoms with van der Waals surface area (Å²) in [4.78, 5) is 26.9. The Hall–Kier alpha value is -3.23. The molecule has 1 aromatic heterocycles. The average molecular weight is 427 g/mol. The molecule has 1 aromatic carbocycles. The number of aromatic nitrogens is 1. The smallest absolute Gasteiger partial charge is 0.300 e. The van der Waals surface area contributed by atoms with Crippen LogP contribution in [0.2, 0.25) is 0 Å². The number of hydrogen-bond acceptors (Lipinski definition) is 6. The third-order valence-electron chi connectivity index (χ3n) is 4.93. The molecule has 166 valence electrons. The summed E-state index contributed by atoms with van der Waals surface area (Å²) in [7, 11) is 0. The fourth-order valence-corrected chi connectivity index (χ4v) is 3.26. The lowest BCUT2D eigenvalue weighted by molar-refractivity contribution is -0.134. The van der Waals surface area contributed by atoms with Crippen molar-refractivity contribution >= 4 is 23.8 Å². The molecule has 8 nitrogen and oxygen atoms in total. The zero-order valence-corrected chi connectivity index (χ0v) is 18.1. The van der Waals surface area contributed by atoms with Crippen LogP contribution in [-0.4, -0.2) is 51.2 Å². The first-order valence-corrected chi connectivity index (χ1v) is 10.1. The topological polar surface area (TPSA) is 115 Å². The molecule has 0 saturated carbocycles. The van der Waals surface area contributed by atoms with Gasteiger partial charge in [0.05, 0.1) is 0 Å². The van der Waals surface area contributed by atoms with Crippen molar-refractivity contribution in [3.05, 3.63) is 64.9 Å². The molecule has 0 spiro atoms. The Morgan fingerprint density at radius 2 is 1.97 bits per heavy atom. The predicted molar refractivity (Wildman–Crippen MR) is 120 cm³/mol. The summed E-state index contributed by atoms with van der Waals surface area (Å²) < 4.78 is 0. The van der Waals surface area contributed by atoms with E-state index in [0.29, 0.717) is 6.04 Å². The standard InChI is InChI=1S/C21H26N4O2.C2H4O2/c1-15-3-4-18(11-16(15)2)13-25-10-9-19(14-25)23-20-7-5-17(12-22-20)6-8-21(26)24-27;1-2(3)4/h3-8,11-12,19,27H,9-10,13-14H2,1-2H3,(H,22,23)(H,24,26);1H3,(H,3,4)/b8-6+;/t19-;/m1./s1. The molecule has 31 heavy (non-hydrogen) atoms. The van der Waals surface area contributed by atoms with E-state index < -0.39 is 11.9 Å². The van der Waals surface area contributed by atoms with Crippen molar-refractivity contribution in [1.82, 2.24) is 15.4 Å². The number of carbonyl (C=O) groups is 2. The quantitative estimate of drug-likeness (QED) is 0.319. The normalized spacial score (nSPS) is 15.9. The van der Waals surface area contributed by atoms with Crippen molar-refractivity contribution in [2.75, 3.05) is 18.4 Å². The summed E-state index contributed by atoms with van der Waals surface area (Å²) in [5.74, 6) is -0.566. The van der Waals surface area contributed by atoms with Gasteiger partial charge in [-0.25, -0.2) is 10.5 Å². The van der Waals surface area contributed by atoms with Gasteiger partial charge in [0.1, 0.15) is 5.82 Å². The summed E-state index contributed by atoms with van der Waals surface area (Å²) >= 11 is 0. The van der Waals surface area contributed by atoms with E-state index in [2.05, 4.69) is 47.2 Å². The molecule has 1 saturated heterocycles. The highest BCUT2D eigenvalue weighted by Gasteiger charge is 2.22. The number of aliphatic carboxylic acids is 1. The van der Waals surface area contributed by atoms with Gasteiger partial charge in [-0.05, 0) is 60.7 Å². The molecular formula is C23H30N4O4. The monoisotopic (exact) mass is 426 g/mol. The van der Waals surface area contributed by atoms with Crippen LogP contribution < -0.4 is 10.8 Å². The van der Waals surface area contributed by atoms with Crippen molar-refractivity contribution in [2.24, 2.45) is 0 Å². The van der Waals surface area contributed by atoms with Crippen molar-refractivity contribution in [3.8, 4) is 0 Å². The van der Waals surface area contributed by atoms with E-state index >= 15 is 0 Å². The van der Waals surface area contributed by atoms with E-state index in [0.717, 1.165) is 44.4 Å². The maximum absolute atomic E-state index is 11.0. The number of pyridine rings is 1. The minimum Gasteiger partial charge on any atom is -0.481 e. The molecule has 2 aromatic rings. The minimum atomic E-state index is -0.833. The van der Waals surface area contributed by atoms with Crippen LogP contribution in [0.5, 0.6) is 0 Å². The second-order valence-corrected chi connectivity index (χ2v) is 7.59. The fourth-order valence-electron chi connectivity index (χ4n) is 3.26. The molecule has 0 aliphatic carbocycles. The number of nitrogens with zero attached hydrogens (tertiary/aromatic N) is 2. The van der Waals surface area contributed by atoms with Gasteiger partial charge in [-0.2, -0.15) is 0 Å². The Bertz CT molecular complexity index is 908. The number of anilines is 1. The predicted octanol–water partition coefficient (Wildman–Crippen LogP) is 2.99. The van der Waals surface area contributed by atoms with Crippen LogP contribution in [0.3, 0.4) is 0 Å². The number of aryl methyl sites for hydroxylation is 2. The third kappa shape index (κ3) is 8.57. The number of carboxylic acids is 1. The molecule has 1 aliphatic heterocycles. The van der Waals surface area contributed by atoms with E-state index in [-0.39, 0.29) is 0 Å². The molecule has 0 unspecified atom stereocenters. The largest absolute Gasteiger partial charge is 0.481 e. The van der Waals surface area contributed by atoms with Crippen LogP contribution in [0.15, 0.2) is 42.6 Å². The number of rotatable bonds is 6. The summed E-state index contributed by atoms with van der Waals surface area (Å²) in [6, 6.07) is 10.9. The Balaban J connectivity index is 0.000000785. The molecule has 1 amide bonds. The second-order valence-electron chi connectivity index (χ2n) is 7.59. The SMILES string of the molecule is CC(=O)O.Cc1ccc(CN2CC[C@@H](Nc3ccc(/C=C/C(=O)NO)cn3)C2)cc1C. The zero-order valence-electron chi connectivity index (χ0n) is 18.1. The third-order valence-corrected chi connectivity index (χ3v) is 4.93. The maximum Gasteiger partial charge on any atom is 0.300 e. The van der Waals surface area contributed by atoms with Crippen LogP contribution in [0.25, 0.3) is 6.08 Å². The highest BCUT2D eigenvalue weighted by molar-refractivity contribution is 5.90. The van der Waals surface area contributed by atoms with E-state index in [9.17, 15) is 4.79 Å².